The van der Waals surface area contributed by atoms with Gasteiger partial charge in [-0.15, -0.1) is 0 Å². The van der Waals surface area contributed by atoms with Gasteiger partial charge in [-0.1, -0.05) is 12.8 Å². The molecular weight excluding hydrogens is 246 g/mol. The van der Waals surface area contributed by atoms with E-state index in [1.54, 1.807) is 11.9 Å². The first-order valence-electron chi connectivity index (χ1n) is 7.13. The molecule has 0 aromatic heterocycles. The number of carboxylic acids is 1. The third-order valence-electron chi connectivity index (χ3n) is 4.58. The number of hydrogen-bond donors (Lipinski definition) is 1. The zero-order valence-corrected chi connectivity index (χ0v) is 11.7. The molecule has 5 heteroatoms. The average molecular weight is 269 g/mol. The summed E-state index contributed by atoms with van der Waals surface area (Å²) < 4.78 is 5.49. The molecule has 2 rings (SSSR count). The number of ether oxygens (including phenoxy) is 1. The Labute approximate surface area is 113 Å². The summed E-state index contributed by atoms with van der Waals surface area (Å²) in [6, 6.07) is 0.0869. The van der Waals surface area contributed by atoms with Crippen molar-refractivity contribution in [3.8, 4) is 0 Å². The molecule has 1 heterocycles. The van der Waals surface area contributed by atoms with Crippen LogP contribution in [-0.2, 0) is 14.3 Å². The van der Waals surface area contributed by atoms with Crippen LogP contribution in [0.2, 0.25) is 0 Å². The molecule has 0 aromatic rings. The summed E-state index contributed by atoms with van der Waals surface area (Å²) >= 11 is 0. The molecule has 2 fully saturated rings. The number of amides is 1. The first-order valence-corrected chi connectivity index (χ1v) is 7.13. The van der Waals surface area contributed by atoms with Gasteiger partial charge in [-0.3, -0.25) is 9.59 Å². The van der Waals surface area contributed by atoms with E-state index in [1.165, 1.54) is 0 Å². The molecule has 1 saturated heterocycles. The lowest BCUT2D eigenvalue weighted by Gasteiger charge is -2.34. The van der Waals surface area contributed by atoms with E-state index in [0.29, 0.717) is 19.4 Å². The van der Waals surface area contributed by atoms with Crippen LogP contribution in [0.1, 0.15) is 39.0 Å². The summed E-state index contributed by atoms with van der Waals surface area (Å²) in [5.41, 5.74) is 0. The average Bonchev–Trinajstić information content (AvgIpc) is 2.83. The molecule has 1 N–H and O–H groups in total. The van der Waals surface area contributed by atoms with Gasteiger partial charge in [0, 0.05) is 13.7 Å². The molecule has 0 spiro atoms. The van der Waals surface area contributed by atoms with Gasteiger partial charge in [0.15, 0.2) is 0 Å². The molecule has 2 unspecified atom stereocenters. The fourth-order valence-corrected chi connectivity index (χ4v) is 3.38. The Bertz CT molecular complexity index is 357. The molecule has 0 bridgehead atoms. The molecule has 19 heavy (non-hydrogen) atoms. The van der Waals surface area contributed by atoms with E-state index in [-0.39, 0.29) is 24.0 Å². The SMILES string of the molecule is CC1OCCC1N(C)C(=O)[C@@H]1CCCC[C@@H]1C(=O)O. The molecule has 1 aliphatic carbocycles. The summed E-state index contributed by atoms with van der Waals surface area (Å²) in [7, 11) is 1.78. The zero-order chi connectivity index (χ0) is 14.0. The quantitative estimate of drug-likeness (QED) is 0.843. The fraction of sp³-hybridized carbons (Fsp3) is 0.857. The van der Waals surface area contributed by atoms with Crippen LogP contribution < -0.4 is 0 Å². The molecule has 1 aliphatic heterocycles. The Balaban J connectivity index is 2.06. The molecule has 4 atom stereocenters. The highest BCUT2D eigenvalue weighted by molar-refractivity contribution is 5.85. The summed E-state index contributed by atoms with van der Waals surface area (Å²) in [6.07, 6.45) is 4.06. The highest BCUT2D eigenvalue weighted by Crippen LogP contribution is 2.33. The van der Waals surface area contributed by atoms with E-state index in [0.717, 1.165) is 19.3 Å². The minimum absolute atomic E-state index is 0.0190. The van der Waals surface area contributed by atoms with Crippen molar-refractivity contribution < 1.29 is 19.4 Å². The molecule has 0 radical (unpaired) electrons. The number of carbonyl (C=O) groups excluding carboxylic acids is 1. The van der Waals surface area contributed by atoms with E-state index in [9.17, 15) is 14.7 Å². The van der Waals surface area contributed by atoms with Gasteiger partial charge >= 0.3 is 5.97 Å². The largest absolute Gasteiger partial charge is 0.481 e. The Morgan fingerprint density at radius 2 is 1.79 bits per heavy atom. The fourth-order valence-electron chi connectivity index (χ4n) is 3.38. The number of aliphatic carboxylic acids is 1. The number of likely N-dealkylation sites (N-methyl/N-ethyl adjacent to an activating group) is 1. The monoisotopic (exact) mass is 269 g/mol. The summed E-state index contributed by atoms with van der Waals surface area (Å²) in [5.74, 6) is -1.72. The zero-order valence-electron chi connectivity index (χ0n) is 11.7. The van der Waals surface area contributed by atoms with Gasteiger partial charge in [0.2, 0.25) is 5.91 Å². The Morgan fingerprint density at radius 1 is 1.16 bits per heavy atom. The van der Waals surface area contributed by atoms with Crippen molar-refractivity contribution >= 4 is 11.9 Å². The number of carbonyl (C=O) groups is 2. The minimum Gasteiger partial charge on any atom is -0.481 e. The number of hydrogen-bond acceptors (Lipinski definition) is 3. The van der Waals surface area contributed by atoms with Crippen molar-refractivity contribution in [2.45, 2.75) is 51.2 Å². The lowest BCUT2D eigenvalue weighted by Crippen LogP contribution is -2.47. The number of rotatable bonds is 3. The highest BCUT2D eigenvalue weighted by atomic mass is 16.5. The van der Waals surface area contributed by atoms with Crippen LogP contribution >= 0.6 is 0 Å². The second kappa shape index (κ2) is 5.90. The normalized spacial score (nSPS) is 35.1. The van der Waals surface area contributed by atoms with Gasteiger partial charge in [0.25, 0.3) is 0 Å². The van der Waals surface area contributed by atoms with E-state index in [2.05, 4.69) is 0 Å². The van der Waals surface area contributed by atoms with Gasteiger partial charge in [0.1, 0.15) is 0 Å². The maximum Gasteiger partial charge on any atom is 0.307 e. The van der Waals surface area contributed by atoms with Gasteiger partial charge in [-0.05, 0) is 26.2 Å². The molecule has 5 nitrogen and oxygen atoms in total. The van der Waals surface area contributed by atoms with Gasteiger partial charge in [0.05, 0.1) is 24.0 Å². The van der Waals surface area contributed by atoms with Gasteiger partial charge in [-0.25, -0.2) is 0 Å². The molecule has 108 valence electrons. The van der Waals surface area contributed by atoms with Crippen molar-refractivity contribution in [1.82, 2.24) is 4.90 Å². The van der Waals surface area contributed by atoms with Crippen LogP contribution in [0.25, 0.3) is 0 Å². The van der Waals surface area contributed by atoms with Crippen LogP contribution in [0.15, 0.2) is 0 Å². The Morgan fingerprint density at radius 3 is 2.32 bits per heavy atom. The summed E-state index contributed by atoms with van der Waals surface area (Å²) in [4.78, 5) is 25.6. The molecule has 0 aromatic carbocycles. The van der Waals surface area contributed by atoms with Crippen LogP contribution in [-0.4, -0.2) is 47.7 Å². The minimum atomic E-state index is -0.831. The van der Waals surface area contributed by atoms with Crippen molar-refractivity contribution in [3.63, 3.8) is 0 Å². The second-order valence-electron chi connectivity index (χ2n) is 5.72. The lowest BCUT2D eigenvalue weighted by atomic mass is 9.78. The van der Waals surface area contributed by atoms with E-state index in [1.807, 2.05) is 6.92 Å². The Hall–Kier alpha value is -1.10. The van der Waals surface area contributed by atoms with Gasteiger partial charge in [-0.2, -0.15) is 0 Å². The van der Waals surface area contributed by atoms with Crippen LogP contribution in [0.4, 0.5) is 0 Å². The van der Waals surface area contributed by atoms with Crippen LogP contribution in [0, 0.1) is 11.8 Å². The van der Waals surface area contributed by atoms with Crippen LogP contribution in [0.5, 0.6) is 0 Å². The van der Waals surface area contributed by atoms with Crippen molar-refractivity contribution in [2.75, 3.05) is 13.7 Å². The third kappa shape index (κ3) is 2.91. The lowest BCUT2D eigenvalue weighted by molar-refractivity contribution is -0.153. The van der Waals surface area contributed by atoms with Crippen LogP contribution in [0.3, 0.4) is 0 Å². The summed E-state index contributed by atoms with van der Waals surface area (Å²) in [6.45, 7) is 2.65. The molecule has 1 amide bonds. The molecule has 2 aliphatic rings. The predicted molar refractivity (Wildman–Crippen MR) is 69.7 cm³/mol. The second-order valence-corrected chi connectivity index (χ2v) is 5.72. The first-order chi connectivity index (χ1) is 9.02. The predicted octanol–water partition coefficient (Wildman–Crippen LogP) is 1.51. The standard InChI is InChI=1S/C14H23NO4/c1-9-12(7-8-19-9)15(2)13(16)10-5-3-4-6-11(10)14(17)18/h9-12H,3-8H2,1-2H3,(H,17,18)/t9?,10-,11+,12?/m1/s1. The molecular formula is C14H23NO4. The van der Waals surface area contributed by atoms with E-state index in [4.69, 9.17) is 4.74 Å². The summed E-state index contributed by atoms with van der Waals surface area (Å²) in [5, 5.41) is 9.26. The van der Waals surface area contributed by atoms with Crippen molar-refractivity contribution in [2.24, 2.45) is 11.8 Å². The van der Waals surface area contributed by atoms with Crippen molar-refractivity contribution in [1.29, 1.82) is 0 Å². The third-order valence-corrected chi connectivity index (χ3v) is 4.58. The topological polar surface area (TPSA) is 66.8 Å². The molecule has 1 saturated carbocycles. The first kappa shape index (κ1) is 14.3. The maximum atomic E-state index is 12.6. The van der Waals surface area contributed by atoms with E-state index >= 15 is 0 Å². The van der Waals surface area contributed by atoms with E-state index < -0.39 is 11.9 Å². The number of carboxylic acid groups (broad SMARTS) is 1. The van der Waals surface area contributed by atoms with Crippen molar-refractivity contribution in [3.05, 3.63) is 0 Å². The number of nitrogens with zero attached hydrogens (tertiary/aromatic N) is 1. The highest BCUT2D eigenvalue weighted by Gasteiger charge is 2.40. The van der Waals surface area contributed by atoms with Gasteiger partial charge < -0.3 is 14.7 Å². The Kier molecular flexibility index (Phi) is 4.45. The maximum absolute atomic E-state index is 12.6. The smallest absolute Gasteiger partial charge is 0.307 e.